The molecule has 4 aromatic rings. The van der Waals surface area contributed by atoms with Crippen molar-refractivity contribution in [3.8, 4) is 22.7 Å². The Morgan fingerprint density at radius 1 is 1.00 bits per heavy atom. The molecule has 6 rings (SSSR count). The summed E-state index contributed by atoms with van der Waals surface area (Å²) in [6.45, 7) is 5.09. The highest BCUT2D eigenvalue weighted by Crippen LogP contribution is 2.30. The maximum absolute atomic E-state index is 15.5. The third kappa shape index (κ3) is 4.79. The smallest absolute Gasteiger partial charge is 0.314 e. The Balaban J connectivity index is 1.13. The number of anilines is 1. The second-order valence-corrected chi connectivity index (χ2v) is 8.94. The summed E-state index contributed by atoms with van der Waals surface area (Å²) in [5, 5.41) is 15.2. The van der Waals surface area contributed by atoms with E-state index in [9.17, 15) is 8.78 Å². The number of piperazine rings is 1. The van der Waals surface area contributed by atoms with Gasteiger partial charge in [0.2, 0.25) is 5.89 Å². The summed E-state index contributed by atoms with van der Waals surface area (Å²) in [5.74, 6) is -1.09. The number of nitrogens with zero attached hydrogens (tertiary/aromatic N) is 8. The molecule has 0 saturated carbocycles. The molecule has 37 heavy (non-hydrogen) atoms. The predicted molar refractivity (Wildman–Crippen MR) is 125 cm³/mol. The molecule has 192 valence electrons. The quantitative estimate of drug-likeness (QED) is 0.370. The predicted octanol–water partition coefficient (Wildman–Crippen LogP) is 3.04. The fourth-order valence-corrected chi connectivity index (χ4v) is 4.47. The summed E-state index contributed by atoms with van der Waals surface area (Å²) in [5.41, 5.74) is 2.42. The second-order valence-electron chi connectivity index (χ2n) is 8.94. The Morgan fingerprint density at radius 2 is 1.84 bits per heavy atom. The summed E-state index contributed by atoms with van der Waals surface area (Å²) in [6.07, 6.45) is 0.286. The van der Waals surface area contributed by atoms with Crippen molar-refractivity contribution in [3.63, 3.8) is 0 Å². The largest absolute Gasteiger partial charge is 0.415 e. The summed E-state index contributed by atoms with van der Waals surface area (Å²) < 4.78 is 52.7. The lowest BCUT2D eigenvalue weighted by molar-refractivity contribution is -0.0660. The third-order valence-electron chi connectivity index (χ3n) is 6.61. The summed E-state index contributed by atoms with van der Waals surface area (Å²) in [4.78, 5) is 8.78. The van der Waals surface area contributed by atoms with Crippen LogP contribution in [0.5, 0.6) is 0 Å². The molecule has 2 aliphatic heterocycles. The lowest BCUT2D eigenvalue weighted by Gasteiger charge is -2.43. The number of benzene rings is 1. The number of ether oxygens (including phenoxy) is 1. The molecule has 0 atom stereocenters. The van der Waals surface area contributed by atoms with Crippen molar-refractivity contribution in [2.24, 2.45) is 0 Å². The minimum atomic E-state index is -2.83. The zero-order valence-corrected chi connectivity index (χ0v) is 19.7. The molecule has 2 aliphatic rings. The van der Waals surface area contributed by atoms with Crippen LogP contribution in [-0.4, -0.2) is 80.5 Å². The highest BCUT2D eigenvalue weighted by Gasteiger charge is 2.30. The van der Waals surface area contributed by atoms with Gasteiger partial charge in [0.1, 0.15) is 5.69 Å². The number of hydrogen-bond donors (Lipinski definition) is 0. The van der Waals surface area contributed by atoms with Gasteiger partial charge in [0.05, 0.1) is 48.9 Å². The highest BCUT2D eigenvalue weighted by molar-refractivity contribution is 5.66. The molecular formula is C24H23F3N8O2. The van der Waals surface area contributed by atoms with Crippen molar-refractivity contribution >= 4 is 5.69 Å². The Bertz CT molecular complexity index is 1360. The van der Waals surface area contributed by atoms with Gasteiger partial charge in [-0.3, -0.25) is 9.88 Å². The monoisotopic (exact) mass is 512 g/mol. The van der Waals surface area contributed by atoms with E-state index >= 15 is 4.39 Å². The van der Waals surface area contributed by atoms with Gasteiger partial charge in [0, 0.05) is 37.9 Å². The Hall–Kier alpha value is -3.84. The molecule has 3 aromatic heterocycles. The van der Waals surface area contributed by atoms with Crippen LogP contribution in [0.15, 0.2) is 47.1 Å². The van der Waals surface area contributed by atoms with Gasteiger partial charge in [-0.1, -0.05) is 11.3 Å². The highest BCUT2D eigenvalue weighted by atomic mass is 19.3. The Labute approximate surface area is 209 Å². The number of halogens is 3. The number of pyridine rings is 1. The first-order valence-corrected chi connectivity index (χ1v) is 11.9. The minimum Gasteiger partial charge on any atom is -0.415 e. The van der Waals surface area contributed by atoms with Gasteiger partial charge in [-0.15, -0.1) is 15.3 Å². The first kappa shape index (κ1) is 23.6. The second kappa shape index (κ2) is 9.90. The molecule has 0 aliphatic carbocycles. The van der Waals surface area contributed by atoms with Gasteiger partial charge in [-0.25, -0.2) is 9.07 Å². The first-order chi connectivity index (χ1) is 18.0. The van der Waals surface area contributed by atoms with Crippen molar-refractivity contribution in [1.29, 1.82) is 0 Å². The average molecular weight is 512 g/mol. The van der Waals surface area contributed by atoms with E-state index in [1.54, 1.807) is 35.1 Å². The van der Waals surface area contributed by atoms with E-state index in [-0.39, 0.29) is 18.3 Å². The molecule has 0 amide bonds. The molecule has 0 N–H and O–H groups in total. The van der Waals surface area contributed by atoms with E-state index in [0.717, 1.165) is 39.4 Å². The van der Waals surface area contributed by atoms with Crippen LogP contribution >= 0.6 is 0 Å². The molecule has 13 heteroatoms. The van der Waals surface area contributed by atoms with Crippen molar-refractivity contribution in [2.75, 3.05) is 44.3 Å². The van der Waals surface area contributed by atoms with Gasteiger partial charge in [-0.2, -0.15) is 8.78 Å². The van der Waals surface area contributed by atoms with Gasteiger partial charge >= 0.3 is 6.43 Å². The molecule has 0 spiro atoms. The molecule has 1 aromatic carbocycles. The van der Waals surface area contributed by atoms with Crippen LogP contribution in [0, 0.1) is 5.82 Å². The lowest BCUT2D eigenvalue weighted by atomic mass is 10.1. The van der Waals surface area contributed by atoms with Crippen LogP contribution in [0.2, 0.25) is 0 Å². The third-order valence-corrected chi connectivity index (χ3v) is 6.61. The van der Waals surface area contributed by atoms with Crippen molar-refractivity contribution in [2.45, 2.75) is 19.0 Å². The van der Waals surface area contributed by atoms with Crippen LogP contribution < -0.4 is 4.90 Å². The minimum absolute atomic E-state index is 0.0359. The van der Waals surface area contributed by atoms with Gasteiger partial charge in [-0.05, 0) is 24.3 Å². The molecule has 10 nitrogen and oxygen atoms in total. The maximum atomic E-state index is 15.5. The number of hydrogen-bond acceptors (Lipinski definition) is 9. The van der Waals surface area contributed by atoms with E-state index in [2.05, 4.69) is 35.3 Å². The molecule has 2 saturated heterocycles. The van der Waals surface area contributed by atoms with Crippen LogP contribution in [0.4, 0.5) is 18.9 Å². The molecular weight excluding hydrogens is 489 g/mol. The van der Waals surface area contributed by atoms with Gasteiger partial charge in [0.15, 0.2) is 5.82 Å². The summed E-state index contributed by atoms with van der Waals surface area (Å²) >= 11 is 0. The van der Waals surface area contributed by atoms with Crippen LogP contribution in [-0.2, 0) is 11.3 Å². The number of alkyl halides is 2. The van der Waals surface area contributed by atoms with E-state index < -0.39 is 12.3 Å². The SMILES string of the molecule is Fc1c(-c2cn(Cc3ccc(-c4nnc(C(F)F)o4)cn3)nn2)cccc1N1CCN(C2COC2)CC1. The van der Waals surface area contributed by atoms with E-state index in [1.807, 2.05) is 6.07 Å². The lowest BCUT2D eigenvalue weighted by Crippen LogP contribution is -2.56. The standard InChI is InChI=1S/C24H23F3N8O2/c25-21-18(2-1-3-20(21)34-8-6-33(7-9-34)17-13-36-14-17)19-12-35(32-29-19)11-16-5-4-15(10-28-16)23-30-31-24(37-23)22(26)27/h1-5,10,12,17,22H,6-9,11,13-14H2. The average Bonchev–Trinajstić information content (AvgIpc) is 3.55. The van der Waals surface area contributed by atoms with Crippen LogP contribution in [0.25, 0.3) is 22.7 Å². The topological polar surface area (TPSA) is 98.2 Å². The molecule has 5 heterocycles. The zero-order chi connectivity index (χ0) is 25.4. The van der Waals surface area contributed by atoms with Crippen LogP contribution in [0.3, 0.4) is 0 Å². The van der Waals surface area contributed by atoms with Crippen molar-refractivity contribution < 1.29 is 22.3 Å². The fraction of sp³-hybridized carbons (Fsp3) is 0.375. The summed E-state index contributed by atoms with van der Waals surface area (Å²) in [7, 11) is 0. The normalized spacial score (nSPS) is 16.9. The van der Waals surface area contributed by atoms with Crippen LogP contribution in [0.1, 0.15) is 18.0 Å². The fourth-order valence-electron chi connectivity index (χ4n) is 4.47. The first-order valence-electron chi connectivity index (χ1n) is 11.9. The maximum Gasteiger partial charge on any atom is 0.314 e. The Morgan fingerprint density at radius 3 is 2.51 bits per heavy atom. The van der Waals surface area contributed by atoms with E-state index in [4.69, 9.17) is 9.15 Å². The number of rotatable bonds is 7. The number of aromatic nitrogens is 6. The molecule has 0 unspecified atom stereocenters. The molecule has 0 bridgehead atoms. The van der Waals surface area contributed by atoms with Gasteiger partial charge < -0.3 is 14.1 Å². The Kier molecular flexibility index (Phi) is 6.30. The zero-order valence-electron chi connectivity index (χ0n) is 19.7. The molecule has 0 radical (unpaired) electrons. The van der Waals surface area contributed by atoms with E-state index in [1.165, 1.54) is 6.20 Å². The summed E-state index contributed by atoms with van der Waals surface area (Å²) in [6, 6.07) is 9.14. The van der Waals surface area contributed by atoms with Crippen molar-refractivity contribution in [3.05, 3.63) is 60.1 Å². The molecule has 2 fully saturated rings. The van der Waals surface area contributed by atoms with Crippen molar-refractivity contribution in [1.82, 2.24) is 35.1 Å². The van der Waals surface area contributed by atoms with Gasteiger partial charge in [0.25, 0.3) is 5.89 Å². The van der Waals surface area contributed by atoms with E-state index in [0.29, 0.717) is 34.2 Å².